The molecular weight excluding hydrogens is 308 g/mol. The molecule has 0 saturated carbocycles. The number of nitrogens with zero attached hydrogens (tertiary/aromatic N) is 3. The Kier molecular flexibility index (Phi) is 3.99. The average Bonchev–Trinajstić information content (AvgIpc) is 2.74. The van der Waals surface area contributed by atoms with Crippen molar-refractivity contribution < 1.29 is 4.79 Å². The van der Waals surface area contributed by atoms with E-state index in [0.29, 0.717) is 18.1 Å². The van der Waals surface area contributed by atoms with Crippen LogP contribution in [0.15, 0.2) is 22.8 Å². The number of aromatic nitrogens is 3. The van der Waals surface area contributed by atoms with E-state index < -0.39 is 0 Å². The molecule has 0 saturated heterocycles. The lowest BCUT2D eigenvalue weighted by atomic mass is 10.3. The van der Waals surface area contributed by atoms with Gasteiger partial charge in [-0.05, 0) is 54.4 Å². The number of carbonyl (C=O) groups excluding carboxylic acids is 1. The van der Waals surface area contributed by atoms with Gasteiger partial charge in [-0.25, -0.2) is 4.98 Å². The van der Waals surface area contributed by atoms with Crippen LogP contribution in [0, 0.1) is 13.8 Å². The summed E-state index contributed by atoms with van der Waals surface area (Å²) in [5, 5.41) is 7.07. The summed E-state index contributed by atoms with van der Waals surface area (Å²) in [6.45, 7) is 6.37. The van der Waals surface area contributed by atoms with Crippen molar-refractivity contribution in [1.82, 2.24) is 14.8 Å². The molecule has 0 aliphatic heterocycles. The van der Waals surface area contributed by atoms with Crippen molar-refractivity contribution in [3.63, 3.8) is 0 Å². The number of pyridine rings is 1. The third-order valence-corrected chi connectivity index (χ3v) is 3.14. The number of hydrogen-bond donors (Lipinski definition) is 1. The van der Waals surface area contributed by atoms with Gasteiger partial charge >= 0.3 is 0 Å². The number of nitrogens with one attached hydrogen (secondary N) is 1. The van der Waals surface area contributed by atoms with Gasteiger partial charge in [-0.2, -0.15) is 5.10 Å². The van der Waals surface area contributed by atoms with Crippen LogP contribution >= 0.6 is 15.9 Å². The van der Waals surface area contributed by atoms with Gasteiger partial charge in [-0.1, -0.05) is 0 Å². The monoisotopic (exact) mass is 322 g/mol. The maximum atomic E-state index is 12.2. The fourth-order valence-electron chi connectivity index (χ4n) is 1.81. The summed E-state index contributed by atoms with van der Waals surface area (Å²) < 4.78 is 2.57. The first kappa shape index (κ1) is 13.7. The van der Waals surface area contributed by atoms with Gasteiger partial charge < -0.3 is 5.32 Å². The second-order valence-corrected chi connectivity index (χ2v) is 5.18. The fourth-order valence-corrected chi connectivity index (χ4v) is 2.26. The minimum absolute atomic E-state index is 0.194. The Morgan fingerprint density at radius 2 is 2.16 bits per heavy atom. The van der Waals surface area contributed by atoms with Gasteiger partial charge in [0.15, 0.2) is 0 Å². The summed E-state index contributed by atoms with van der Waals surface area (Å²) in [6, 6.07) is 3.68. The first-order valence-corrected chi connectivity index (χ1v) is 6.78. The zero-order chi connectivity index (χ0) is 14.0. The zero-order valence-electron chi connectivity index (χ0n) is 11.1. The molecule has 0 bridgehead atoms. The molecule has 0 aliphatic rings. The van der Waals surface area contributed by atoms with Crippen LogP contribution in [0.25, 0.3) is 0 Å². The molecule has 100 valence electrons. The van der Waals surface area contributed by atoms with Crippen molar-refractivity contribution in [3.8, 4) is 0 Å². The molecule has 0 unspecified atom stereocenters. The largest absolute Gasteiger partial charge is 0.305 e. The van der Waals surface area contributed by atoms with E-state index in [2.05, 4.69) is 31.3 Å². The van der Waals surface area contributed by atoms with Crippen molar-refractivity contribution in [2.75, 3.05) is 5.32 Å². The number of amides is 1. The molecule has 2 aromatic rings. The predicted molar refractivity (Wildman–Crippen MR) is 77.3 cm³/mol. The third kappa shape index (κ3) is 3.01. The topological polar surface area (TPSA) is 59.8 Å². The highest BCUT2D eigenvalue weighted by atomic mass is 79.9. The van der Waals surface area contributed by atoms with Crippen LogP contribution in [0.3, 0.4) is 0 Å². The molecule has 6 heteroatoms. The van der Waals surface area contributed by atoms with Crippen molar-refractivity contribution in [2.24, 2.45) is 0 Å². The number of aryl methyl sites for hydroxylation is 3. The molecule has 19 heavy (non-hydrogen) atoms. The standard InChI is InChI=1S/C13H15BrN4O/c1-4-18-11(6-9(3)17-18)13(19)16-12-8(2)5-10(14)7-15-12/h5-7H,4H2,1-3H3,(H,15,16,19). The summed E-state index contributed by atoms with van der Waals surface area (Å²) >= 11 is 3.34. The van der Waals surface area contributed by atoms with Gasteiger partial charge in [-0.3, -0.25) is 9.48 Å². The maximum Gasteiger partial charge on any atom is 0.275 e. The van der Waals surface area contributed by atoms with Crippen LogP contribution in [0.5, 0.6) is 0 Å². The van der Waals surface area contributed by atoms with Crippen LogP contribution in [0.2, 0.25) is 0 Å². The van der Waals surface area contributed by atoms with Crippen molar-refractivity contribution in [1.29, 1.82) is 0 Å². The van der Waals surface area contributed by atoms with Gasteiger partial charge in [0, 0.05) is 17.2 Å². The highest BCUT2D eigenvalue weighted by molar-refractivity contribution is 9.10. The quantitative estimate of drug-likeness (QED) is 0.945. The Hall–Kier alpha value is -1.69. The molecule has 0 fully saturated rings. The normalized spacial score (nSPS) is 10.5. The Morgan fingerprint density at radius 1 is 1.42 bits per heavy atom. The highest BCUT2D eigenvalue weighted by Gasteiger charge is 2.14. The number of halogens is 1. The van der Waals surface area contributed by atoms with E-state index in [-0.39, 0.29) is 5.91 Å². The smallest absolute Gasteiger partial charge is 0.275 e. The summed E-state index contributed by atoms with van der Waals surface area (Å²) in [6.07, 6.45) is 1.66. The first-order chi connectivity index (χ1) is 9.01. The molecule has 2 rings (SSSR count). The van der Waals surface area contributed by atoms with E-state index in [1.54, 1.807) is 16.9 Å². The Bertz CT molecular complexity index is 621. The molecule has 0 radical (unpaired) electrons. The molecule has 5 nitrogen and oxygen atoms in total. The number of anilines is 1. The van der Waals surface area contributed by atoms with E-state index >= 15 is 0 Å². The summed E-state index contributed by atoms with van der Waals surface area (Å²) in [7, 11) is 0. The third-order valence-electron chi connectivity index (χ3n) is 2.71. The van der Waals surface area contributed by atoms with Crippen LogP contribution in [-0.2, 0) is 6.54 Å². The minimum Gasteiger partial charge on any atom is -0.305 e. The Labute approximate surface area is 120 Å². The lowest BCUT2D eigenvalue weighted by molar-refractivity contribution is 0.101. The van der Waals surface area contributed by atoms with Crippen molar-refractivity contribution in [2.45, 2.75) is 27.3 Å². The molecule has 1 amide bonds. The lowest BCUT2D eigenvalue weighted by Gasteiger charge is -2.08. The van der Waals surface area contributed by atoms with E-state index in [1.807, 2.05) is 26.8 Å². The average molecular weight is 323 g/mol. The van der Waals surface area contributed by atoms with Crippen LogP contribution < -0.4 is 5.32 Å². The summed E-state index contributed by atoms with van der Waals surface area (Å²) in [5.41, 5.74) is 2.28. The van der Waals surface area contributed by atoms with E-state index in [4.69, 9.17) is 0 Å². The number of rotatable bonds is 3. The molecule has 0 aromatic carbocycles. The minimum atomic E-state index is -0.194. The van der Waals surface area contributed by atoms with Crippen LogP contribution in [0.4, 0.5) is 5.82 Å². The maximum absolute atomic E-state index is 12.2. The Morgan fingerprint density at radius 3 is 2.79 bits per heavy atom. The molecule has 0 aliphatic carbocycles. The molecule has 2 aromatic heterocycles. The van der Waals surface area contributed by atoms with Gasteiger partial charge in [0.05, 0.1) is 5.69 Å². The Balaban J connectivity index is 2.25. The second-order valence-electron chi connectivity index (χ2n) is 4.26. The summed E-state index contributed by atoms with van der Waals surface area (Å²) in [4.78, 5) is 16.4. The highest BCUT2D eigenvalue weighted by Crippen LogP contribution is 2.17. The van der Waals surface area contributed by atoms with Crippen molar-refractivity contribution in [3.05, 3.63) is 39.8 Å². The lowest BCUT2D eigenvalue weighted by Crippen LogP contribution is -2.18. The predicted octanol–water partition coefficient (Wildman–Crippen LogP) is 2.93. The van der Waals surface area contributed by atoms with Crippen molar-refractivity contribution >= 4 is 27.7 Å². The second kappa shape index (κ2) is 5.52. The number of carbonyl (C=O) groups is 1. The van der Waals surface area contributed by atoms with Crippen LogP contribution in [0.1, 0.15) is 28.7 Å². The van der Waals surface area contributed by atoms with Gasteiger partial charge in [0.25, 0.3) is 5.91 Å². The summed E-state index contributed by atoms with van der Waals surface area (Å²) in [5.74, 6) is 0.370. The molecule has 2 heterocycles. The zero-order valence-corrected chi connectivity index (χ0v) is 12.7. The van der Waals surface area contributed by atoms with Gasteiger partial charge in [0.2, 0.25) is 0 Å². The van der Waals surface area contributed by atoms with Crippen LogP contribution in [-0.4, -0.2) is 20.7 Å². The van der Waals surface area contributed by atoms with E-state index in [0.717, 1.165) is 15.7 Å². The number of hydrogen-bond acceptors (Lipinski definition) is 3. The molecule has 1 N–H and O–H groups in total. The molecular formula is C13H15BrN4O. The molecule has 0 atom stereocenters. The van der Waals surface area contributed by atoms with E-state index in [9.17, 15) is 4.79 Å². The molecule has 0 spiro atoms. The fraction of sp³-hybridized carbons (Fsp3) is 0.308. The van der Waals surface area contributed by atoms with E-state index in [1.165, 1.54) is 0 Å². The van der Waals surface area contributed by atoms with Gasteiger partial charge in [0.1, 0.15) is 11.5 Å². The SMILES string of the molecule is CCn1nc(C)cc1C(=O)Nc1ncc(Br)cc1C. The first-order valence-electron chi connectivity index (χ1n) is 5.99. The van der Waals surface area contributed by atoms with Gasteiger partial charge in [-0.15, -0.1) is 0 Å².